The summed E-state index contributed by atoms with van der Waals surface area (Å²) in [5.41, 5.74) is 7.58. The van der Waals surface area contributed by atoms with Crippen LogP contribution < -0.4 is 4.74 Å². The van der Waals surface area contributed by atoms with Gasteiger partial charge in [-0.25, -0.2) is 15.0 Å². The molecule has 0 spiro atoms. The molecule has 1 aliphatic heterocycles. The number of hydrogen-bond acceptors (Lipinski definition) is 5. The second-order valence-corrected chi connectivity index (χ2v) is 13.5. The Morgan fingerprint density at radius 3 is 2.06 bits per heavy atom. The minimum atomic E-state index is 0.0231. The highest BCUT2D eigenvalue weighted by molar-refractivity contribution is 6.14. The average molecular weight is 668 g/mol. The van der Waals surface area contributed by atoms with E-state index in [1.54, 1.807) is 0 Å². The number of hydrogen-bond donors (Lipinski definition) is 0. The second-order valence-electron chi connectivity index (χ2n) is 13.5. The Morgan fingerprint density at radius 2 is 1.17 bits per heavy atom. The van der Waals surface area contributed by atoms with Crippen molar-refractivity contribution in [2.24, 2.45) is 0 Å². The van der Waals surface area contributed by atoms with Gasteiger partial charge in [-0.1, -0.05) is 127 Å². The van der Waals surface area contributed by atoms with Gasteiger partial charge >= 0.3 is 0 Å². The van der Waals surface area contributed by atoms with E-state index in [-0.39, 0.29) is 12.0 Å². The molecule has 2 aromatic heterocycles. The third kappa shape index (κ3) is 4.53. The van der Waals surface area contributed by atoms with E-state index in [1.807, 2.05) is 48.5 Å². The fourth-order valence-electron chi connectivity index (χ4n) is 7.99. The Hall–Kier alpha value is -6.85. The van der Waals surface area contributed by atoms with Gasteiger partial charge < -0.3 is 9.15 Å². The molecule has 244 valence electrons. The van der Waals surface area contributed by atoms with Gasteiger partial charge in [-0.15, -0.1) is 0 Å². The first-order valence-corrected chi connectivity index (χ1v) is 17.6. The topological polar surface area (TPSA) is 61.0 Å². The van der Waals surface area contributed by atoms with E-state index in [2.05, 4.69) is 115 Å². The first kappa shape index (κ1) is 28.9. The minimum Gasteiger partial charge on any atom is -0.485 e. The zero-order valence-electron chi connectivity index (χ0n) is 27.9. The number of aromatic nitrogens is 3. The Morgan fingerprint density at radius 1 is 0.462 bits per heavy atom. The van der Waals surface area contributed by atoms with Crippen LogP contribution in [0.2, 0.25) is 0 Å². The van der Waals surface area contributed by atoms with Crippen molar-refractivity contribution in [1.82, 2.24) is 15.0 Å². The second kappa shape index (κ2) is 11.3. The highest BCUT2D eigenvalue weighted by Crippen LogP contribution is 2.45. The number of nitrogens with zero attached hydrogens (tertiary/aromatic N) is 3. The molecule has 9 aromatic rings. The van der Waals surface area contributed by atoms with Crippen LogP contribution in [0.4, 0.5) is 0 Å². The third-order valence-corrected chi connectivity index (χ3v) is 10.4. The van der Waals surface area contributed by atoms with Crippen LogP contribution in [0.3, 0.4) is 0 Å². The Labute approximate surface area is 299 Å². The molecular weight excluding hydrogens is 639 g/mol. The van der Waals surface area contributed by atoms with E-state index in [4.69, 9.17) is 24.1 Å². The molecule has 11 rings (SSSR count). The summed E-state index contributed by atoms with van der Waals surface area (Å²) in [6.07, 6.45) is 8.53. The summed E-state index contributed by atoms with van der Waals surface area (Å²) in [7, 11) is 0. The molecule has 5 nitrogen and oxygen atoms in total. The van der Waals surface area contributed by atoms with E-state index in [0.29, 0.717) is 17.5 Å². The molecule has 0 saturated carbocycles. The maximum Gasteiger partial charge on any atom is 0.164 e. The summed E-state index contributed by atoms with van der Waals surface area (Å²) >= 11 is 0. The molecule has 3 heterocycles. The van der Waals surface area contributed by atoms with Crippen LogP contribution in [0, 0.1) is 0 Å². The van der Waals surface area contributed by atoms with Gasteiger partial charge in [0.1, 0.15) is 23.0 Å². The van der Waals surface area contributed by atoms with Gasteiger partial charge in [-0.05, 0) is 69.1 Å². The van der Waals surface area contributed by atoms with E-state index in [0.717, 1.165) is 71.7 Å². The first-order chi connectivity index (χ1) is 25.7. The van der Waals surface area contributed by atoms with Crippen molar-refractivity contribution in [3.8, 4) is 51.0 Å². The molecule has 0 N–H and O–H groups in total. The Bertz CT molecular complexity index is 2960. The summed E-state index contributed by atoms with van der Waals surface area (Å²) in [6.45, 7) is 0. The van der Waals surface area contributed by atoms with E-state index in [9.17, 15) is 0 Å². The summed E-state index contributed by atoms with van der Waals surface area (Å²) in [4.78, 5) is 15.7. The third-order valence-electron chi connectivity index (χ3n) is 10.4. The molecule has 5 heteroatoms. The predicted molar refractivity (Wildman–Crippen MR) is 209 cm³/mol. The van der Waals surface area contributed by atoms with Crippen molar-refractivity contribution in [2.45, 2.75) is 12.0 Å². The fraction of sp³-hybridized carbons (Fsp3) is 0.0426. The number of furan rings is 1. The number of allylic oxidation sites excluding steroid dienone is 2. The number of ether oxygens (including phenoxy) is 1. The number of rotatable bonds is 4. The van der Waals surface area contributed by atoms with Gasteiger partial charge in [-0.3, -0.25) is 0 Å². The molecule has 2 unspecified atom stereocenters. The molecule has 0 amide bonds. The van der Waals surface area contributed by atoms with Crippen molar-refractivity contribution in [3.63, 3.8) is 0 Å². The van der Waals surface area contributed by atoms with Gasteiger partial charge in [0.15, 0.2) is 17.5 Å². The maximum atomic E-state index is 6.56. The average Bonchev–Trinajstić information content (AvgIpc) is 3.78. The van der Waals surface area contributed by atoms with Crippen LogP contribution in [0.5, 0.6) is 5.75 Å². The van der Waals surface area contributed by atoms with Crippen molar-refractivity contribution in [2.75, 3.05) is 0 Å². The molecule has 0 fully saturated rings. The summed E-state index contributed by atoms with van der Waals surface area (Å²) in [5, 5.41) is 6.57. The van der Waals surface area contributed by atoms with Crippen molar-refractivity contribution < 1.29 is 9.15 Å². The van der Waals surface area contributed by atoms with Gasteiger partial charge in [-0.2, -0.15) is 0 Å². The van der Waals surface area contributed by atoms with E-state index in [1.165, 1.54) is 10.9 Å². The lowest BCUT2D eigenvalue weighted by Gasteiger charge is -2.13. The SMILES string of the molecule is C1=CC2Oc3cc(-c4cc(-c5nc(-c6ccccc6)nc(-c6cc7ccccc7c7ccccc67)n5)c5c(c4)oc4ccccc45)ccc3C2C=C1. The molecule has 2 atom stereocenters. The molecule has 52 heavy (non-hydrogen) atoms. The molecule has 7 aromatic carbocycles. The van der Waals surface area contributed by atoms with Crippen LogP contribution in [-0.4, -0.2) is 21.1 Å². The van der Waals surface area contributed by atoms with Gasteiger partial charge in [0, 0.05) is 38.9 Å². The smallest absolute Gasteiger partial charge is 0.164 e. The van der Waals surface area contributed by atoms with Crippen molar-refractivity contribution in [3.05, 3.63) is 169 Å². The lowest BCUT2D eigenvalue weighted by Crippen LogP contribution is -2.15. The molecule has 2 aliphatic rings. The highest BCUT2D eigenvalue weighted by Gasteiger charge is 2.32. The largest absolute Gasteiger partial charge is 0.485 e. The zero-order chi connectivity index (χ0) is 34.2. The summed E-state index contributed by atoms with van der Waals surface area (Å²) in [5.74, 6) is 2.95. The monoisotopic (exact) mass is 667 g/mol. The predicted octanol–water partition coefficient (Wildman–Crippen LogP) is 11.7. The van der Waals surface area contributed by atoms with Crippen LogP contribution in [0.15, 0.2) is 168 Å². The van der Waals surface area contributed by atoms with Gasteiger partial charge in [0.25, 0.3) is 0 Å². The summed E-state index contributed by atoms with van der Waals surface area (Å²) < 4.78 is 13.0. The van der Waals surface area contributed by atoms with Gasteiger partial charge in [0.2, 0.25) is 0 Å². The first-order valence-electron chi connectivity index (χ1n) is 17.6. The van der Waals surface area contributed by atoms with E-state index >= 15 is 0 Å². The molecular formula is C47H29N3O2. The van der Waals surface area contributed by atoms with Crippen LogP contribution in [-0.2, 0) is 0 Å². The lowest BCUT2D eigenvalue weighted by atomic mass is 9.90. The van der Waals surface area contributed by atoms with Gasteiger partial charge in [0.05, 0.1) is 0 Å². The normalized spacial score (nSPS) is 16.1. The number of benzene rings is 7. The highest BCUT2D eigenvalue weighted by atomic mass is 16.5. The molecule has 0 bridgehead atoms. The van der Waals surface area contributed by atoms with Crippen LogP contribution in [0.25, 0.3) is 88.8 Å². The van der Waals surface area contributed by atoms with Crippen LogP contribution >= 0.6 is 0 Å². The number of para-hydroxylation sites is 1. The molecule has 1 aliphatic carbocycles. The molecule has 0 radical (unpaired) electrons. The standard InChI is InChI=1S/C47H29N3O2/c1-2-12-28(13-3-1)45-48-46(38-24-30-14-4-5-15-32(30)33-16-6-7-17-34(33)38)50-47(49-45)39-25-31(27-43-44(39)37-19-9-11-21-41(37)52-43)29-22-23-36-35-18-8-10-20-40(35)51-42(36)26-29/h1-27,35,40H. The fourth-order valence-corrected chi connectivity index (χ4v) is 7.99. The molecule has 0 saturated heterocycles. The maximum absolute atomic E-state index is 6.56. The quantitative estimate of drug-likeness (QED) is 0.175. The lowest BCUT2D eigenvalue weighted by molar-refractivity contribution is 0.269. The minimum absolute atomic E-state index is 0.0231. The van der Waals surface area contributed by atoms with Crippen molar-refractivity contribution in [1.29, 1.82) is 0 Å². The summed E-state index contributed by atoms with van der Waals surface area (Å²) in [6, 6.07) is 48.3. The van der Waals surface area contributed by atoms with E-state index < -0.39 is 0 Å². The Kier molecular flexibility index (Phi) is 6.31. The zero-order valence-corrected chi connectivity index (χ0v) is 27.9. The van der Waals surface area contributed by atoms with Crippen LogP contribution in [0.1, 0.15) is 11.5 Å². The Balaban J connectivity index is 1.18. The van der Waals surface area contributed by atoms with Crippen molar-refractivity contribution >= 4 is 43.5 Å². The number of fused-ring (bicyclic) bond motifs is 9.